The van der Waals surface area contributed by atoms with E-state index in [9.17, 15) is 10.2 Å². The maximum Gasteiger partial charge on any atom is 0.159 e. The van der Waals surface area contributed by atoms with Crippen molar-refractivity contribution >= 4 is 10.9 Å². The number of H-pyrrole nitrogens is 1. The van der Waals surface area contributed by atoms with E-state index in [2.05, 4.69) is 4.98 Å². The summed E-state index contributed by atoms with van der Waals surface area (Å²) in [4.78, 5) is 3.08. The number of hydrogen-bond donors (Lipinski definition) is 3. The molecule has 17 heavy (non-hydrogen) atoms. The average molecular weight is 225 g/mol. The highest BCUT2D eigenvalue weighted by atomic mass is 16.3. The Bertz CT molecular complexity index is 671. The summed E-state index contributed by atoms with van der Waals surface area (Å²) in [6.45, 7) is 0. The van der Waals surface area contributed by atoms with E-state index in [4.69, 9.17) is 0 Å². The monoisotopic (exact) mass is 225 g/mol. The van der Waals surface area contributed by atoms with Crippen molar-refractivity contribution in [2.45, 2.75) is 0 Å². The molecule has 0 unspecified atom stereocenters. The van der Waals surface area contributed by atoms with E-state index in [1.807, 2.05) is 36.5 Å². The van der Waals surface area contributed by atoms with E-state index < -0.39 is 0 Å². The van der Waals surface area contributed by atoms with Gasteiger partial charge in [0.2, 0.25) is 0 Å². The normalized spacial score (nSPS) is 10.8. The summed E-state index contributed by atoms with van der Waals surface area (Å²) < 4.78 is 0. The Hall–Kier alpha value is -2.42. The Morgan fingerprint density at radius 1 is 0.882 bits per heavy atom. The first-order chi connectivity index (χ1) is 8.25. The van der Waals surface area contributed by atoms with Gasteiger partial charge in [0.1, 0.15) is 0 Å². The fourth-order valence-corrected chi connectivity index (χ4v) is 2.00. The molecular weight excluding hydrogens is 214 g/mol. The number of phenols is 2. The van der Waals surface area contributed by atoms with Crippen LogP contribution in [0, 0.1) is 0 Å². The van der Waals surface area contributed by atoms with Crippen LogP contribution in [0.5, 0.6) is 11.5 Å². The second-order valence-electron chi connectivity index (χ2n) is 3.95. The van der Waals surface area contributed by atoms with Crippen molar-refractivity contribution in [1.29, 1.82) is 0 Å². The van der Waals surface area contributed by atoms with Crippen LogP contribution in [0.15, 0.2) is 48.7 Å². The van der Waals surface area contributed by atoms with Crippen LogP contribution in [0.3, 0.4) is 0 Å². The van der Waals surface area contributed by atoms with Crippen LogP contribution in [0.1, 0.15) is 0 Å². The minimum Gasteiger partial charge on any atom is -0.504 e. The predicted molar refractivity (Wildman–Crippen MR) is 67.1 cm³/mol. The molecule has 0 fully saturated rings. The molecule has 0 aliphatic carbocycles. The number of aromatic nitrogens is 1. The van der Waals surface area contributed by atoms with Crippen LogP contribution in [-0.2, 0) is 0 Å². The Morgan fingerprint density at radius 3 is 2.35 bits per heavy atom. The third kappa shape index (κ3) is 1.52. The number of phenolic OH excluding ortho intramolecular Hbond substituents is 2. The van der Waals surface area contributed by atoms with Gasteiger partial charge in [-0.05, 0) is 11.6 Å². The standard InChI is InChI=1S/C14H11NO2/c16-13-6-10-11(9-4-2-1-3-5-9)8-15-12(10)7-14(13)17/h1-8,15-17H. The molecule has 3 nitrogen and oxygen atoms in total. The maximum atomic E-state index is 9.54. The average Bonchev–Trinajstić information content (AvgIpc) is 2.74. The first kappa shape index (κ1) is 9.78. The highest BCUT2D eigenvalue weighted by Gasteiger charge is 2.09. The first-order valence-corrected chi connectivity index (χ1v) is 5.34. The number of hydrogen-bond acceptors (Lipinski definition) is 2. The maximum absolute atomic E-state index is 9.54. The van der Waals surface area contributed by atoms with Crippen LogP contribution >= 0.6 is 0 Å². The van der Waals surface area contributed by atoms with Gasteiger partial charge < -0.3 is 15.2 Å². The van der Waals surface area contributed by atoms with Gasteiger partial charge in [0.25, 0.3) is 0 Å². The van der Waals surface area contributed by atoms with Crippen molar-refractivity contribution < 1.29 is 10.2 Å². The lowest BCUT2D eigenvalue weighted by atomic mass is 10.0. The Kier molecular flexibility index (Phi) is 2.05. The second kappa shape index (κ2) is 3.56. The molecule has 3 rings (SSSR count). The summed E-state index contributed by atoms with van der Waals surface area (Å²) in [6, 6.07) is 13.0. The molecule has 1 heterocycles. The molecule has 0 aliphatic heterocycles. The molecule has 2 aromatic carbocycles. The minimum absolute atomic E-state index is 0.103. The fourth-order valence-electron chi connectivity index (χ4n) is 2.00. The van der Waals surface area contributed by atoms with Crippen molar-refractivity contribution in [2.75, 3.05) is 0 Å². The van der Waals surface area contributed by atoms with Crippen LogP contribution in [-0.4, -0.2) is 15.2 Å². The van der Waals surface area contributed by atoms with Crippen LogP contribution in [0.2, 0.25) is 0 Å². The summed E-state index contributed by atoms with van der Waals surface area (Å²) in [5.74, 6) is -0.215. The molecule has 0 saturated carbocycles. The summed E-state index contributed by atoms with van der Waals surface area (Å²) in [6.07, 6.45) is 1.87. The highest BCUT2D eigenvalue weighted by Crippen LogP contribution is 2.35. The third-order valence-electron chi connectivity index (χ3n) is 2.86. The van der Waals surface area contributed by atoms with E-state index in [1.54, 1.807) is 6.07 Å². The summed E-state index contributed by atoms with van der Waals surface area (Å²) in [5.41, 5.74) is 2.89. The topological polar surface area (TPSA) is 56.2 Å². The van der Waals surface area contributed by atoms with Gasteiger partial charge in [-0.25, -0.2) is 0 Å². The molecule has 3 aromatic rings. The number of nitrogens with one attached hydrogen (secondary N) is 1. The van der Waals surface area contributed by atoms with Crippen molar-refractivity contribution in [3.05, 3.63) is 48.7 Å². The molecule has 0 radical (unpaired) electrons. The second-order valence-corrected chi connectivity index (χ2v) is 3.95. The molecule has 3 N–H and O–H groups in total. The molecule has 0 aliphatic rings. The smallest absolute Gasteiger partial charge is 0.159 e. The van der Waals surface area contributed by atoms with Crippen LogP contribution in [0.25, 0.3) is 22.0 Å². The largest absolute Gasteiger partial charge is 0.504 e. The van der Waals surface area contributed by atoms with Crippen molar-refractivity contribution in [2.24, 2.45) is 0 Å². The Labute approximate surface area is 98.0 Å². The molecule has 3 heteroatoms. The van der Waals surface area contributed by atoms with Gasteiger partial charge >= 0.3 is 0 Å². The molecule has 0 atom stereocenters. The molecule has 0 spiro atoms. The zero-order valence-electron chi connectivity index (χ0n) is 9.01. The van der Waals surface area contributed by atoms with Gasteiger partial charge in [0.05, 0.1) is 0 Å². The van der Waals surface area contributed by atoms with Gasteiger partial charge in [-0.1, -0.05) is 30.3 Å². The van der Waals surface area contributed by atoms with Crippen LogP contribution < -0.4 is 0 Å². The third-order valence-corrected chi connectivity index (χ3v) is 2.86. The van der Waals surface area contributed by atoms with Gasteiger partial charge in [0.15, 0.2) is 11.5 Å². The molecular formula is C14H11NO2. The lowest BCUT2D eigenvalue weighted by Gasteiger charge is -2.01. The SMILES string of the molecule is Oc1cc2[nH]cc(-c3ccccc3)c2cc1O. The van der Waals surface area contributed by atoms with Crippen molar-refractivity contribution in [3.63, 3.8) is 0 Å². The minimum atomic E-state index is -0.112. The summed E-state index contributed by atoms with van der Waals surface area (Å²) in [7, 11) is 0. The summed E-state index contributed by atoms with van der Waals surface area (Å²) >= 11 is 0. The lowest BCUT2D eigenvalue weighted by Crippen LogP contribution is -1.75. The van der Waals surface area contributed by atoms with Crippen molar-refractivity contribution in [3.8, 4) is 22.6 Å². The number of aromatic amines is 1. The Morgan fingerprint density at radius 2 is 1.59 bits per heavy atom. The van der Waals surface area contributed by atoms with Gasteiger partial charge in [-0.15, -0.1) is 0 Å². The first-order valence-electron chi connectivity index (χ1n) is 5.34. The zero-order valence-corrected chi connectivity index (χ0v) is 9.01. The van der Waals surface area contributed by atoms with Gasteiger partial charge in [-0.3, -0.25) is 0 Å². The predicted octanol–water partition coefficient (Wildman–Crippen LogP) is 3.25. The van der Waals surface area contributed by atoms with E-state index >= 15 is 0 Å². The van der Waals surface area contributed by atoms with Crippen LogP contribution in [0.4, 0.5) is 0 Å². The number of benzene rings is 2. The van der Waals surface area contributed by atoms with E-state index in [1.165, 1.54) is 6.07 Å². The highest BCUT2D eigenvalue weighted by molar-refractivity contribution is 5.97. The van der Waals surface area contributed by atoms with Gasteiger partial charge in [0, 0.05) is 28.7 Å². The number of rotatable bonds is 1. The fraction of sp³-hybridized carbons (Fsp3) is 0. The zero-order chi connectivity index (χ0) is 11.8. The summed E-state index contributed by atoms with van der Waals surface area (Å²) in [5, 5.41) is 19.9. The lowest BCUT2D eigenvalue weighted by molar-refractivity contribution is 0.405. The number of aromatic hydroxyl groups is 2. The van der Waals surface area contributed by atoms with Crippen molar-refractivity contribution in [1.82, 2.24) is 4.98 Å². The molecule has 84 valence electrons. The molecule has 0 amide bonds. The van der Waals surface area contributed by atoms with E-state index in [0.29, 0.717) is 0 Å². The van der Waals surface area contributed by atoms with E-state index in [0.717, 1.165) is 22.0 Å². The Balaban J connectivity index is 2.29. The molecule has 0 bridgehead atoms. The van der Waals surface area contributed by atoms with Gasteiger partial charge in [-0.2, -0.15) is 0 Å². The quantitative estimate of drug-likeness (QED) is 0.557. The molecule has 0 saturated heterocycles. The number of fused-ring (bicyclic) bond motifs is 1. The van der Waals surface area contributed by atoms with E-state index in [-0.39, 0.29) is 11.5 Å². The molecule has 1 aromatic heterocycles.